The maximum atomic E-state index is 4.28. The number of hydrogen-bond donors (Lipinski definition) is 0. The Morgan fingerprint density at radius 1 is 1.24 bits per heavy atom. The SMILES string of the molecule is Cc1ccc(-n2nnc(-c3cncs3)n2)cn1. The Kier molecular flexibility index (Phi) is 2.37. The van der Waals surface area contributed by atoms with Crippen molar-refractivity contribution in [3.63, 3.8) is 0 Å². The monoisotopic (exact) mass is 244 g/mol. The average molecular weight is 244 g/mol. The molecule has 7 heteroatoms. The number of aryl methyl sites for hydroxylation is 1. The van der Waals surface area contributed by atoms with Crippen LogP contribution in [0.1, 0.15) is 5.69 Å². The summed E-state index contributed by atoms with van der Waals surface area (Å²) in [6.45, 7) is 1.93. The van der Waals surface area contributed by atoms with E-state index in [1.807, 2.05) is 19.1 Å². The van der Waals surface area contributed by atoms with E-state index >= 15 is 0 Å². The molecule has 0 spiro atoms. The lowest BCUT2D eigenvalue weighted by Gasteiger charge is -1.96. The van der Waals surface area contributed by atoms with E-state index in [0.717, 1.165) is 16.3 Å². The molecule has 0 amide bonds. The van der Waals surface area contributed by atoms with Crippen LogP contribution in [-0.4, -0.2) is 30.2 Å². The topological polar surface area (TPSA) is 69.4 Å². The van der Waals surface area contributed by atoms with Crippen LogP contribution in [0.25, 0.3) is 16.4 Å². The molecule has 3 aromatic heterocycles. The number of rotatable bonds is 2. The molecule has 0 saturated carbocycles. The summed E-state index contributed by atoms with van der Waals surface area (Å²) in [5, 5.41) is 12.2. The predicted molar refractivity (Wildman–Crippen MR) is 62.8 cm³/mol. The highest BCUT2D eigenvalue weighted by Crippen LogP contribution is 2.18. The molecular weight excluding hydrogens is 236 g/mol. The summed E-state index contributed by atoms with van der Waals surface area (Å²) in [6.07, 6.45) is 3.44. The molecule has 3 rings (SSSR count). The minimum Gasteiger partial charge on any atom is -0.259 e. The van der Waals surface area contributed by atoms with Crippen molar-refractivity contribution >= 4 is 11.3 Å². The van der Waals surface area contributed by atoms with Crippen molar-refractivity contribution in [2.24, 2.45) is 0 Å². The molecule has 84 valence electrons. The van der Waals surface area contributed by atoms with Gasteiger partial charge >= 0.3 is 0 Å². The Labute approximate surface area is 101 Å². The van der Waals surface area contributed by atoms with Gasteiger partial charge in [0.05, 0.1) is 16.6 Å². The number of aromatic nitrogens is 6. The van der Waals surface area contributed by atoms with Crippen molar-refractivity contribution in [1.29, 1.82) is 0 Å². The van der Waals surface area contributed by atoms with Crippen LogP contribution in [-0.2, 0) is 0 Å². The normalized spacial score (nSPS) is 10.6. The molecule has 3 aromatic rings. The minimum absolute atomic E-state index is 0.577. The number of nitrogens with zero attached hydrogens (tertiary/aromatic N) is 6. The molecule has 0 aromatic carbocycles. The van der Waals surface area contributed by atoms with E-state index in [1.165, 1.54) is 16.1 Å². The third-order valence-electron chi connectivity index (χ3n) is 2.19. The Morgan fingerprint density at radius 3 is 2.88 bits per heavy atom. The van der Waals surface area contributed by atoms with Crippen LogP contribution < -0.4 is 0 Å². The van der Waals surface area contributed by atoms with Crippen LogP contribution in [0.5, 0.6) is 0 Å². The van der Waals surface area contributed by atoms with Crippen LogP contribution in [0.15, 0.2) is 30.0 Å². The number of hydrogen-bond acceptors (Lipinski definition) is 6. The molecule has 0 saturated heterocycles. The molecule has 6 nitrogen and oxygen atoms in total. The van der Waals surface area contributed by atoms with Gasteiger partial charge < -0.3 is 0 Å². The highest BCUT2D eigenvalue weighted by Gasteiger charge is 2.08. The molecule has 0 bridgehead atoms. The molecule has 0 aliphatic heterocycles. The van der Waals surface area contributed by atoms with Gasteiger partial charge in [-0.3, -0.25) is 9.97 Å². The highest BCUT2D eigenvalue weighted by atomic mass is 32.1. The van der Waals surface area contributed by atoms with Crippen LogP contribution in [0, 0.1) is 6.92 Å². The van der Waals surface area contributed by atoms with Crippen molar-refractivity contribution in [2.75, 3.05) is 0 Å². The molecule has 0 unspecified atom stereocenters. The van der Waals surface area contributed by atoms with Gasteiger partial charge in [0.2, 0.25) is 5.82 Å². The van der Waals surface area contributed by atoms with Crippen molar-refractivity contribution in [3.05, 3.63) is 35.7 Å². The van der Waals surface area contributed by atoms with Gasteiger partial charge in [-0.25, -0.2) is 0 Å². The standard InChI is InChI=1S/C10H8N6S/c1-7-2-3-8(4-12-7)16-14-10(13-15-16)9-5-11-6-17-9/h2-6H,1H3. The van der Waals surface area contributed by atoms with Gasteiger partial charge in [0.25, 0.3) is 0 Å². The zero-order chi connectivity index (χ0) is 11.7. The first-order valence-electron chi connectivity index (χ1n) is 4.95. The average Bonchev–Trinajstić information content (AvgIpc) is 3.00. The zero-order valence-corrected chi connectivity index (χ0v) is 9.79. The maximum absolute atomic E-state index is 4.28. The first kappa shape index (κ1) is 10.0. The Morgan fingerprint density at radius 2 is 2.18 bits per heavy atom. The summed E-state index contributed by atoms with van der Waals surface area (Å²) in [4.78, 5) is 10.5. The maximum Gasteiger partial charge on any atom is 0.216 e. The largest absolute Gasteiger partial charge is 0.259 e. The molecule has 0 fully saturated rings. The van der Waals surface area contributed by atoms with E-state index in [1.54, 1.807) is 17.9 Å². The van der Waals surface area contributed by atoms with Crippen molar-refractivity contribution in [1.82, 2.24) is 30.2 Å². The minimum atomic E-state index is 0.577. The van der Waals surface area contributed by atoms with Gasteiger partial charge in [0, 0.05) is 11.9 Å². The lowest BCUT2D eigenvalue weighted by atomic mass is 10.3. The van der Waals surface area contributed by atoms with Gasteiger partial charge in [-0.1, -0.05) is 0 Å². The van der Waals surface area contributed by atoms with E-state index in [2.05, 4.69) is 25.4 Å². The Hall–Kier alpha value is -2.15. The highest BCUT2D eigenvalue weighted by molar-refractivity contribution is 7.13. The van der Waals surface area contributed by atoms with Crippen LogP contribution in [0.2, 0.25) is 0 Å². The fourth-order valence-corrected chi connectivity index (χ4v) is 1.87. The second-order valence-corrected chi connectivity index (χ2v) is 4.31. The second kappa shape index (κ2) is 4.02. The van der Waals surface area contributed by atoms with Crippen molar-refractivity contribution in [2.45, 2.75) is 6.92 Å². The molecule has 0 N–H and O–H groups in total. The summed E-state index contributed by atoms with van der Waals surface area (Å²) in [7, 11) is 0. The first-order valence-corrected chi connectivity index (χ1v) is 5.83. The summed E-state index contributed by atoms with van der Waals surface area (Å²) >= 11 is 1.48. The lowest BCUT2D eigenvalue weighted by Crippen LogP contribution is -1.99. The molecule has 0 atom stereocenters. The van der Waals surface area contributed by atoms with E-state index in [-0.39, 0.29) is 0 Å². The lowest BCUT2D eigenvalue weighted by molar-refractivity contribution is 0.716. The molecule has 3 heterocycles. The number of pyridine rings is 1. The van der Waals surface area contributed by atoms with Crippen LogP contribution in [0.3, 0.4) is 0 Å². The smallest absolute Gasteiger partial charge is 0.216 e. The summed E-state index contributed by atoms with van der Waals surface area (Å²) < 4.78 is 0. The molecular formula is C10H8N6S. The first-order chi connectivity index (χ1) is 8.33. The van der Waals surface area contributed by atoms with E-state index in [4.69, 9.17) is 0 Å². The van der Waals surface area contributed by atoms with E-state index in [0.29, 0.717) is 5.82 Å². The molecule has 0 aliphatic rings. The fraction of sp³-hybridized carbons (Fsp3) is 0.100. The number of thiazole rings is 1. The van der Waals surface area contributed by atoms with Crippen LogP contribution in [0.4, 0.5) is 0 Å². The zero-order valence-electron chi connectivity index (χ0n) is 8.98. The summed E-state index contributed by atoms with van der Waals surface area (Å²) in [5.74, 6) is 0.577. The van der Waals surface area contributed by atoms with E-state index in [9.17, 15) is 0 Å². The quantitative estimate of drug-likeness (QED) is 0.683. The Bertz CT molecular complexity index is 613. The van der Waals surface area contributed by atoms with E-state index < -0.39 is 0 Å². The van der Waals surface area contributed by atoms with Gasteiger partial charge in [-0.2, -0.15) is 0 Å². The fourth-order valence-electron chi connectivity index (χ4n) is 1.33. The predicted octanol–water partition coefficient (Wildman–Crippen LogP) is 1.49. The molecule has 0 aliphatic carbocycles. The van der Waals surface area contributed by atoms with Crippen LogP contribution >= 0.6 is 11.3 Å². The van der Waals surface area contributed by atoms with Gasteiger partial charge in [0.1, 0.15) is 5.69 Å². The van der Waals surface area contributed by atoms with Crippen molar-refractivity contribution in [3.8, 4) is 16.4 Å². The van der Waals surface area contributed by atoms with Gasteiger partial charge in [-0.05, 0) is 24.3 Å². The van der Waals surface area contributed by atoms with Gasteiger partial charge in [0.15, 0.2) is 0 Å². The van der Waals surface area contributed by atoms with Crippen molar-refractivity contribution < 1.29 is 0 Å². The Balaban J connectivity index is 1.98. The van der Waals surface area contributed by atoms with Gasteiger partial charge in [-0.15, -0.1) is 26.3 Å². The molecule has 0 radical (unpaired) electrons. The molecule has 17 heavy (non-hydrogen) atoms. The third-order valence-corrected chi connectivity index (χ3v) is 2.96. The summed E-state index contributed by atoms with van der Waals surface area (Å²) in [6, 6.07) is 3.81. The third kappa shape index (κ3) is 1.92. The second-order valence-electron chi connectivity index (χ2n) is 3.43. The summed E-state index contributed by atoms with van der Waals surface area (Å²) in [5.41, 5.74) is 3.49. The number of tetrazole rings is 1.